The Hall–Kier alpha value is -0.830. The second kappa shape index (κ2) is 3.63. The fourth-order valence-corrected chi connectivity index (χ4v) is 1.64. The molecule has 0 bridgehead atoms. The first kappa shape index (κ1) is 10.7. The van der Waals surface area contributed by atoms with Crippen LogP contribution in [0.15, 0.2) is 10.6 Å². The zero-order chi connectivity index (χ0) is 11.1. The van der Waals surface area contributed by atoms with Gasteiger partial charge in [-0.25, -0.2) is 4.98 Å². The van der Waals surface area contributed by atoms with E-state index in [4.69, 9.17) is 4.42 Å². The molecule has 0 radical (unpaired) electrons. The first-order chi connectivity index (χ1) is 6.96. The normalized spacial score (nSPS) is 25.6. The van der Waals surface area contributed by atoms with Crippen molar-refractivity contribution in [3.8, 4) is 0 Å². The van der Waals surface area contributed by atoms with Crippen LogP contribution in [0.5, 0.6) is 0 Å². The van der Waals surface area contributed by atoms with E-state index in [-0.39, 0.29) is 5.54 Å². The molecule has 3 heteroatoms. The second-order valence-corrected chi connectivity index (χ2v) is 5.58. The van der Waals surface area contributed by atoms with E-state index < -0.39 is 0 Å². The molecule has 1 aromatic heterocycles. The molecule has 1 heterocycles. The number of nitrogens with one attached hydrogen (secondary N) is 1. The van der Waals surface area contributed by atoms with Crippen LogP contribution in [0, 0.1) is 5.92 Å². The maximum atomic E-state index is 5.70. The third kappa shape index (κ3) is 2.81. The van der Waals surface area contributed by atoms with Crippen LogP contribution in [0.4, 0.5) is 0 Å². The van der Waals surface area contributed by atoms with Gasteiger partial charge in [-0.3, -0.25) is 0 Å². The van der Waals surface area contributed by atoms with E-state index in [9.17, 15) is 0 Å². The molecule has 1 aliphatic carbocycles. The van der Waals surface area contributed by atoms with E-state index in [1.807, 2.05) is 6.20 Å². The molecule has 0 saturated heterocycles. The summed E-state index contributed by atoms with van der Waals surface area (Å²) in [4.78, 5) is 4.29. The van der Waals surface area contributed by atoms with Crippen LogP contribution in [-0.2, 0) is 6.54 Å². The molecule has 2 unspecified atom stereocenters. The third-order valence-electron chi connectivity index (χ3n) is 2.82. The van der Waals surface area contributed by atoms with Gasteiger partial charge in [0.25, 0.3) is 0 Å². The number of rotatable bonds is 3. The van der Waals surface area contributed by atoms with Crippen molar-refractivity contribution in [3.05, 3.63) is 17.8 Å². The zero-order valence-electron chi connectivity index (χ0n) is 10.0. The predicted octanol–water partition coefficient (Wildman–Crippen LogP) is 2.69. The fraction of sp³-hybridized carbons (Fsp3) is 0.750. The van der Waals surface area contributed by atoms with Gasteiger partial charge >= 0.3 is 0 Å². The number of hydrogen-bond acceptors (Lipinski definition) is 3. The van der Waals surface area contributed by atoms with Crippen molar-refractivity contribution in [2.24, 2.45) is 5.92 Å². The molecular weight excluding hydrogens is 188 g/mol. The summed E-state index contributed by atoms with van der Waals surface area (Å²) in [5, 5.41) is 3.37. The Balaban J connectivity index is 1.90. The molecule has 0 aliphatic heterocycles. The zero-order valence-corrected chi connectivity index (χ0v) is 10.0. The molecule has 1 saturated carbocycles. The third-order valence-corrected chi connectivity index (χ3v) is 2.82. The molecular formula is C12H20N2O. The number of nitrogens with zero attached hydrogens (tertiary/aromatic N) is 1. The van der Waals surface area contributed by atoms with Crippen molar-refractivity contribution in [2.75, 3.05) is 0 Å². The topological polar surface area (TPSA) is 38.1 Å². The van der Waals surface area contributed by atoms with Crippen molar-refractivity contribution < 1.29 is 4.42 Å². The predicted molar refractivity (Wildman–Crippen MR) is 59.6 cm³/mol. The van der Waals surface area contributed by atoms with Gasteiger partial charge in [-0.1, -0.05) is 6.92 Å². The Morgan fingerprint density at radius 1 is 1.53 bits per heavy atom. The highest BCUT2D eigenvalue weighted by Crippen LogP contribution is 2.46. The van der Waals surface area contributed by atoms with Crippen LogP contribution in [0.2, 0.25) is 0 Å². The summed E-state index contributed by atoms with van der Waals surface area (Å²) in [7, 11) is 0. The quantitative estimate of drug-likeness (QED) is 0.830. The second-order valence-electron chi connectivity index (χ2n) is 5.58. The highest BCUT2D eigenvalue weighted by molar-refractivity contribution is 5.11. The summed E-state index contributed by atoms with van der Waals surface area (Å²) in [6.07, 6.45) is 3.13. The van der Waals surface area contributed by atoms with Gasteiger partial charge in [0.15, 0.2) is 0 Å². The Bertz CT molecular complexity index is 338. The summed E-state index contributed by atoms with van der Waals surface area (Å²) in [5.41, 5.74) is 0.113. The maximum absolute atomic E-state index is 5.70. The van der Waals surface area contributed by atoms with Gasteiger partial charge < -0.3 is 9.73 Å². The molecule has 1 aliphatic rings. The average Bonchev–Trinajstić information content (AvgIpc) is 2.68. The minimum atomic E-state index is 0.113. The summed E-state index contributed by atoms with van der Waals surface area (Å²) < 4.78 is 5.70. The van der Waals surface area contributed by atoms with Crippen molar-refractivity contribution in [1.29, 1.82) is 0 Å². The minimum Gasteiger partial charge on any atom is -0.444 e. The lowest BCUT2D eigenvalue weighted by Gasteiger charge is -2.18. The first-order valence-corrected chi connectivity index (χ1v) is 5.65. The molecule has 0 aromatic carbocycles. The maximum Gasteiger partial charge on any atom is 0.208 e. The molecule has 1 N–H and O–H groups in total. The highest BCUT2D eigenvalue weighted by atomic mass is 16.4. The van der Waals surface area contributed by atoms with Gasteiger partial charge in [-0.15, -0.1) is 0 Å². The van der Waals surface area contributed by atoms with E-state index in [0.29, 0.717) is 12.5 Å². The van der Waals surface area contributed by atoms with Crippen LogP contribution in [0.3, 0.4) is 0 Å². The molecule has 0 amide bonds. The van der Waals surface area contributed by atoms with Crippen molar-refractivity contribution in [3.63, 3.8) is 0 Å². The number of hydrogen-bond donors (Lipinski definition) is 1. The van der Waals surface area contributed by atoms with E-state index in [1.165, 1.54) is 6.42 Å². The van der Waals surface area contributed by atoms with Crippen LogP contribution >= 0.6 is 0 Å². The molecule has 0 spiro atoms. The SMILES string of the molecule is CC1CC1c1cnc(CNC(C)(C)C)o1. The Labute approximate surface area is 91.3 Å². The molecule has 2 atom stereocenters. The summed E-state index contributed by atoms with van der Waals surface area (Å²) in [6.45, 7) is 9.38. The number of aromatic nitrogens is 1. The standard InChI is InChI=1S/C12H20N2O/c1-8-5-9(8)10-6-13-11(15-10)7-14-12(2,3)4/h6,8-9,14H,5,7H2,1-4H3. The Morgan fingerprint density at radius 2 is 2.20 bits per heavy atom. The molecule has 1 aromatic rings. The van der Waals surface area contributed by atoms with Gasteiger partial charge in [0.2, 0.25) is 5.89 Å². The molecule has 1 fully saturated rings. The molecule has 3 nitrogen and oxygen atoms in total. The number of oxazole rings is 1. The van der Waals surface area contributed by atoms with E-state index in [2.05, 4.69) is 38.0 Å². The van der Waals surface area contributed by atoms with E-state index in [0.717, 1.165) is 17.6 Å². The summed E-state index contributed by atoms with van der Waals surface area (Å²) in [6, 6.07) is 0. The van der Waals surface area contributed by atoms with Crippen molar-refractivity contribution >= 4 is 0 Å². The first-order valence-electron chi connectivity index (χ1n) is 5.65. The fourth-order valence-electron chi connectivity index (χ4n) is 1.64. The smallest absolute Gasteiger partial charge is 0.208 e. The van der Waals surface area contributed by atoms with Crippen molar-refractivity contribution in [2.45, 2.75) is 52.1 Å². The van der Waals surface area contributed by atoms with Gasteiger partial charge in [0.1, 0.15) is 5.76 Å². The van der Waals surface area contributed by atoms with Crippen LogP contribution in [0.25, 0.3) is 0 Å². The van der Waals surface area contributed by atoms with Gasteiger partial charge in [-0.2, -0.15) is 0 Å². The van der Waals surface area contributed by atoms with Gasteiger partial charge in [-0.05, 0) is 33.1 Å². The summed E-state index contributed by atoms with van der Waals surface area (Å²) >= 11 is 0. The average molecular weight is 208 g/mol. The lowest BCUT2D eigenvalue weighted by Crippen LogP contribution is -2.35. The van der Waals surface area contributed by atoms with Crippen LogP contribution < -0.4 is 5.32 Å². The van der Waals surface area contributed by atoms with Crippen molar-refractivity contribution in [1.82, 2.24) is 10.3 Å². The lowest BCUT2D eigenvalue weighted by atomic mass is 10.1. The molecule has 2 rings (SSSR count). The lowest BCUT2D eigenvalue weighted by molar-refractivity contribution is 0.370. The largest absolute Gasteiger partial charge is 0.444 e. The summed E-state index contributed by atoms with van der Waals surface area (Å²) in [5.74, 6) is 3.27. The van der Waals surface area contributed by atoms with E-state index in [1.54, 1.807) is 0 Å². The Kier molecular flexibility index (Phi) is 2.59. The highest BCUT2D eigenvalue weighted by Gasteiger charge is 2.37. The van der Waals surface area contributed by atoms with Gasteiger partial charge in [0, 0.05) is 11.5 Å². The van der Waals surface area contributed by atoms with Crippen LogP contribution in [-0.4, -0.2) is 10.5 Å². The van der Waals surface area contributed by atoms with E-state index >= 15 is 0 Å². The van der Waals surface area contributed by atoms with Crippen LogP contribution in [0.1, 0.15) is 51.7 Å². The Morgan fingerprint density at radius 3 is 2.73 bits per heavy atom. The minimum absolute atomic E-state index is 0.113. The monoisotopic (exact) mass is 208 g/mol. The molecule has 15 heavy (non-hydrogen) atoms. The molecule has 84 valence electrons. The van der Waals surface area contributed by atoms with Gasteiger partial charge in [0.05, 0.1) is 12.7 Å².